The number of amides is 1. The summed E-state index contributed by atoms with van der Waals surface area (Å²) < 4.78 is 5.58. The molecule has 2 aromatic rings. The fraction of sp³-hybridized carbons (Fsp3) is 0.312. The smallest absolute Gasteiger partial charge is 0.287 e. The molecule has 0 saturated carbocycles. The number of furan rings is 1. The van der Waals surface area contributed by atoms with E-state index < -0.39 is 4.92 Å². The average molecular weight is 302 g/mol. The van der Waals surface area contributed by atoms with Crippen LogP contribution in [0, 0.1) is 17.0 Å². The van der Waals surface area contributed by atoms with Crippen LogP contribution < -0.4 is 5.32 Å². The third-order valence-corrected chi connectivity index (χ3v) is 3.00. The number of carbonyl (C=O) groups excluding carboxylic acids is 1. The second-order valence-electron chi connectivity index (χ2n) is 6.12. The van der Waals surface area contributed by atoms with Crippen LogP contribution >= 0.6 is 0 Å². The van der Waals surface area contributed by atoms with E-state index in [1.54, 1.807) is 25.1 Å². The number of benzene rings is 1. The number of nitrogens with zero attached hydrogens (tertiary/aromatic N) is 1. The van der Waals surface area contributed by atoms with Crippen molar-refractivity contribution in [1.82, 2.24) is 5.32 Å². The molecule has 6 nitrogen and oxygen atoms in total. The molecule has 116 valence electrons. The molecule has 0 spiro atoms. The molecular weight excluding hydrogens is 284 g/mol. The summed E-state index contributed by atoms with van der Waals surface area (Å²) in [4.78, 5) is 22.4. The topological polar surface area (TPSA) is 85.4 Å². The molecule has 0 atom stereocenters. The van der Waals surface area contributed by atoms with Gasteiger partial charge in [-0.2, -0.15) is 0 Å². The molecule has 1 aromatic heterocycles. The van der Waals surface area contributed by atoms with Gasteiger partial charge in [-0.15, -0.1) is 0 Å². The normalized spacial score (nSPS) is 11.3. The van der Waals surface area contributed by atoms with Gasteiger partial charge in [0.25, 0.3) is 11.6 Å². The lowest BCUT2D eigenvalue weighted by molar-refractivity contribution is -0.384. The van der Waals surface area contributed by atoms with Gasteiger partial charge in [-0.3, -0.25) is 14.9 Å². The Hall–Kier alpha value is -2.63. The number of hydrogen-bond donors (Lipinski definition) is 1. The molecule has 1 heterocycles. The molecule has 6 heteroatoms. The lowest BCUT2D eigenvalue weighted by Gasteiger charge is -2.19. The maximum Gasteiger partial charge on any atom is 0.287 e. The molecule has 0 aliphatic heterocycles. The summed E-state index contributed by atoms with van der Waals surface area (Å²) in [5.74, 6) is 0.424. The molecule has 0 bridgehead atoms. The van der Waals surface area contributed by atoms with Gasteiger partial charge in [0.05, 0.1) is 4.92 Å². The molecular formula is C16H18N2O4. The van der Waals surface area contributed by atoms with Gasteiger partial charge in [0.1, 0.15) is 5.76 Å². The molecule has 1 amide bonds. The van der Waals surface area contributed by atoms with E-state index in [9.17, 15) is 14.9 Å². The van der Waals surface area contributed by atoms with Crippen LogP contribution in [-0.2, 0) is 0 Å². The van der Waals surface area contributed by atoms with Crippen LogP contribution in [0.4, 0.5) is 5.69 Å². The van der Waals surface area contributed by atoms with Crippen LogP contribution in [0.3, 0.4) is 0 Å². The van der Waals surface area contributed by atoms with Crippen molar-refractivity contribution >= 4 is 11.6 Å². The summed E-state index contributed by atoms with van der Waals surface area (Å²) in [6, 6.07) is 7.80. The highest BCUT2D eigenvalue weighted by Crippen LogP contribution is 2.28. The fourth-order valence-electron chi connectivity index (χ4n) is 2.04. The van der Waals surface area contributed by atoms with E-state index in [4.69, 9.17) is 4.42 Å². The zero-order valence-corrected chi connectivity index (χ0v) is 13.0. The van der Waals surface area contributed by atoms with Crippen LogP contribution in [0.15, 0.2) is 34.7 Å². The maximum absolute atomic E-state index is 12.0. The Morgan fingerprint density at radius 2 is 1.91 bits per heavy atom. The van der Waals surface area contributed by atoms with Gasteiger partial charge in [0.15, 0.2) is 5.76 Å². The Bertz CT molecular complexity index is 726. The number of hydrogen-bond acceptors (Lipinski definition) is 4. The summed E-state index contributed by atoms with van der Waals surface area (Å²) in [7, 11) is 0. The lowest BCUT2D eigenvalue weighted by Crippen LogP contribution is -2.40. The molecule has 1 aromatic carbocycles. The third kappa shape index (κ3) is 3.52. The first kappa shape index (κ1) is 15.8. The third-order valence-electron chi connectivity index (χ3n) is 3.00. The Kier molecular flexibility index (Phi) is 4.03. The summed E-state index contributed by atoms with van der Waals surface area (Å²) in [5.41, 5.74) is 1.11. The second-order valence-corrected chi connectivity index (χ2v) is 6.12. The van der Waals surface area contributed by atoms with E-state index in [1.807, 2.05) is 20.8 Å². The molecule has 0 fully saturated rings. The van der Waals surface area contributed by atoms with Crippen LogP contribution in [-0.4, -0.2) is 16.4 Å². The van der Waals surface area contributed by atoms with Crippen molar-refractivity contribution in [2.24, 2.45) is 0 Å². The van der Waals surface area contributed by atoms with Crippen molar-refractivity contribution in [3.05, 3.63) is 51.8 Å². The predicted octanol–water partition coefficient (Wildman–Crippen LogP) is 3.69. The van der Waals surface area contributed by atoms with Crippen LogP contribution in [0.25, 0.3) is 11.3 Å². The summed E-state index contributed by atoms with van der Waals surface area (Å²) in [6.07, 6.45) is 0. The van der Waals surface area contributed by atoms with Crippen molar-refractivity contribution in [3.63, 3.8) is 0 Å². The maximum atomic E-state index is 12.0. The standard InChI is InChI=1S/C16H18N2O4/c1-10-9-11(18(20)21)5-6-12(10)13-7-8-14(22-13)15(19)17-16(2,3)4/h5-9H,1-4H3,(H,17,19). The minimum Gasteiger partial charge on any atom is -0.451 e. The predicted molar refractivity (Wildman–Crippen MR) is 82.8 cm³/mol. The Balaban J connectivity index is 2.29. The van der Waals surface area contributed by atoms with E-state index in [1.165, 1.54) is 12.1 Å². The second kappa shape index (κ2) is 5.63. The van der Waals surface area contributed by atoms with Crippen molar-refractivity contribution in [2.45, 2.75) is 33.2 Å². The summed E-state index contributed by atoms with van der Waals surface area (Å²) in [6.45, 7) is 7.42. The summed E-state index contributed by atoms with van der Waals surface area (Å²) >= 11 is 0. The van der Waals surface area contributed by atoms with Gasteiger partial charge in [0.2, 0.25) is 0 Å². The first-order valence-corrected chi connectivity index (χ1v) is 6.85. The van der Waals surface area contributed by atoms with Gasteiger partial charge in [-0.05, 0) is 51.5 Å². The average Bonchev–Trinajstić information content (AvgIpc) is 2.85. The van der Waals surface area contributed by atoms with Gasteiger partial charge < -0.3 is 9.73 Å². The minimum atomic E-state index is -0.443. The van der Waals surface area contributed by atoms with Gasteiger partial charge >= 0.3 is 0 Å². The quantitative estimate of drug-likeness (QED) is 0.692. The summed E-state index contributed by atoms with van der Waals surface area (Å²) in [5, 5.41) is 13.6. The molecule has 1 N–H and O–H groups in total. The number of aryl methyl sites for hydroxylation is 1. The number of nitrogens with one attached hydrogen (secondary N) is 1. The van der Waals surface area contributed by atoms with Crippen LogP contribution in [0.2, 0.25) is 0 Å². The van der Waals surface area contributed by atoms with Crippen molar-refractivity contribution in [2.75, 3.05) is 0 Å². The van der Waals surface area contributed by atoms with Crippen LogP contribution in [0.1, 0.15) is 36.9 Å². The Labute approximate surface area is 128 Å². The van der Waals surface area contributed by atoms with E-state index in [0.29, 0.717) is 11.3 Å². The minimum absolute atomic E-state index is 0.0264. The molecule has 2 rings (SSSR count). The van der Waals surface area contributed by atoms with E-state index in [0.717, 1.165) is 5.56 Å². The fourth-order valence-corrected chi connectivity index (χ4v) is 2.04. The highest BCUT2D eigenvalue weighted by Gasteiger charge is 2.19. The van der Waals surface area contributed by atoms with Crippen molar-refractivity contribution in [1.29, 1.82) is 0 Å². The van der Waals surface area contributed by atoms with Gasteiger partial charge in [-0.1, -0.05) is 0 Å². The number of rotatable bonds is 3. The van der Waals surface area contributed by atoms with E-state index in [2.05, 4.69) is 5.32 Å². The van der Waals surface area contributed by atoms with Crippen molar-refractivity contribution in [3.8, 4) is 11.3 Å². The zero-order chi connectivity index (χ0) is 16.5. The Morgan fingerprint density at radius 3 is 2.45 bits per heavy atom. The largest absolute Gasteiger partial charge is 0.451 e. The van der Waals surface area contributed by atoms with Gasteiger partial charge in [0, 0.05) is 23.2 Å². The molecule has 0 radical (unpaired) electrons. The molecule has 0 aliphatic rings. The number of nitro benzene ring substituents is 1. The zero-order valence-electron chi connectivity index (χ0n) is 13.0. The number of non-ortho nitro benzene ring substituents is 1. The molecule has 0 saturated heterocycles. The lowest BCUT2D eigenvalue weighted by atomic mass is 10.1. The highest BCUT2D eigenvalue weighted by atomic mass is 16.6. The molecule has 0 aliphatic carbocycles. The SMILES string of the molecule is Cc1cc([N+](=O)[O-])ccc1-c1ccc(C(=O)NC(C)(C)C)o1. The Morgan fingerprint density at radius 1 is 1.23 bits per heavy atom. The van der Waals surface area contributed by atoms with Crippen LogP contribution in [0.5, 0.6) is 0 Å². The van der Waals surface area contributed by atoms with E-state index in [-0.39, 0.29) is 22.9 Å². The first-order chi connectivity index (χ1) is 10.2. The van der Waals surface area contributed by atoms with E-state index >= 15 is 0 Å². The van der Waals surface area contributed by atoms with Crippen molar-refractivity contribution < 1.29 is 14.1 Å². The number of carbonyl (C=O) groups is 1. The van der Waals surface area contributed by atoms with Gasteiger partial charge in [-0.25, -0.2) is 0 Å². The molecule has 0 unspecified atom stereocenters. The molecule has 22 heavy (non-hydrogen) atoms. The first-order valence-electron chi connectivity index (χ1n) is 6.85. The number of nitro groups is 1. The monoisotopic (exact) mass is 302 g/mol. The highest BCUT2D eigenvalue weighted by molar-refractivity contribution is 5.92.